The highest BCUT2D eigenvalue weighted by Crippen LogP contribution is 2.23. The lowest BCUT2D eigenvalue weighted by Crippen LogP contribution is -1.97. The van der Waals surface area contributed by atoms with Gasteiger partial charge in [0.05, 0.1) is 0 Å². The molecule has 0 aliphatic carbocycles. The zero-order valence-electron chi connectivity index (χ0n) is 8.59. The van der Waals surface area contributed by atoms with Crippen LogP contribution in [0.25, 0.3) is 0 Å². The molecule has 0 saturated heterocycles. The Hall–Kier alpha value is -1.83. The van der Waals surface area contributed by atoms with Crippen molar-refractivity contribution >= 4 is 0 Å². The molecule has 1 unspecified atom stereocenters. The second kappa shape index (κ2) is 4.13. The third-order valence-corrected chi connectivity index (χ3v) is 2.52. The molecule has 0 amide bonds. The number of phenolic OH excluding ortho intramolecular Hbond substituents is 1. The van der Waals surface area contributed by atoms with Gasteiger partial charge in [0.25, 0.3) is 0 Å². The number of aromatic hydroxyl groups is 1. The van der Waals surface area contributed by atoms with E-state index in [0.29, 0.717) is 5.75 Å². The summed E-state index contributed by atoms with van der Waals surface area (Å²) in [6.07, 6.45) is 1.80. The minimum atomic E-state index is 0.256. The van der Waals surface area contributed by atoms with Crippen LogP contribution in [0.15, 0.2) is 48.7 Å². The van der Waals surface area contributed by atoms with E-state index in [9.17, 15) is 5.11 Å². The largest absolute Gasteiger partial charge is 0.508 e. The molecule has 0 aliphatic heterocycles. The van der Waals surface area contributed by atoms with Crippen molar-refractivity contribution in [1.29, 1.82) is 0 Å². The fourth-order valence-electron chi connectivity index (χ4n) is 1.57. The zero-order chi connectivity index (χ0) is 10.7. The Labute approximate surface area is 89.2 Å². The number of benzene rings is 1. The minimum absolute atomic E-state index is 0.256. The van der Waals surface area contributed by atoms with Gasteiger partial charge in [0, 0.05) is 17.8 Å². The highest BCUT2D eigenvalue weighted by molar-refractivity contribution is 5.32. The summed E-state index contributed by atoms with van der Waals surface area (Å²) in [6, 6.07) is 13.2. The van der Waals surface area contributed by atoms with Crippen molar-refractivity contribution in [2.75, 3.05) is 0 Å². The van der Waals surface area contributed by atoms with Crippen LogP contribution in [-0.2, 0) is 0 Å². The van der Waals surface area contributed by atoms with E-state index in [4.69, 9.17) is 0 Å². The first kappa shape index (κ1) is 9.71. The Morgan fingerprint density at radius 1 is 1.07 bits per heavy atom. The highest BCUT2D eigenvalue weighted by atomic mass is 16.3. The maximum absolute atomic E-state index is 9.19. The van der Waals surface area contributed by atoms with Crippen molar-refractivity contribution < 1.29 is 5.11 Å². The first-order chi connectivity index (χ1) is 7.27. The van der Waals surface area contributed by atoms with E-state index in [1.807, 2.05) is 30.3 Å². The molecule has 0 bridgehead atoms. The summed E-state index contributed by atoms with van der Waals surface area (Å²) in [5.74, 6) is 0.554. The van der Waals surface area contributed by atoms with Crippen LogP contribution in [0, 0.1) is 0 Å². The highest BCUT2D eigenvalue weighted by Gasteiger charge is 2.08. The molecule has 1 atom stereocenters. The van der Waals surface area contributed by atoms with E-state index in [0.717, 1.165) is 11.3 Å². The van der Waals surface area contributed by atoms with Gasteiger partial charge in [0.1, 0.15) is 5.75 Å². The summed E-state index contributed by atoms with van der Waals surface area (Å²) < 4.78 is 0. The number of rotatable bonds is 2. The molecule has 0 aliphatic rings. The summed E-state index contributed by atoms with van der Waals surface area (Å²) >= 11 is 0. The van der Waals surface area contributed by atoms with Crippen molar-refractivity contribution in [3.05, 3.63) is 59.9 Å². The second-order valence-corrected chi connectivity index (χ2v) is 3.57. The molecule has 2 heteroatoms. The van der Waals surface area contributed by atoms with E-state index in [2.05, 4.69) is 11.9 Å². The van der Waals surface area contributed by atoms with Crippen LogP contribution in [0.5, 0.6) is 5.75 Å². The van der Waals surface area contributed by atoms with Crippen LogP contribution >= 0.6 is 0 Å². The Kier molecular flexibility index (Phi) is 2.68. The molecule has 2 aromatic rings. The smallest absolute Gasteiger partial charge is 0.115 e. The van der Waals surface area contributed by atoms with E-state index >= 15 is 0 Å². The first-order valence-electron chi connectivity index (χ1n) is 4.97. The molecular formula is C13H13NO. The first-order valence-corrected chi connectivity index (χ1v) is 4.97. The molecule has 1 aromatic carbocycles. The van der Waals surface area contributed by atoms with E-state index < -0.39 is 0 Å². The molecule has 2 nitrogen and oxygen atoms in total. The lowest BCUT2D eigenvalue weighted by Gasteiger charge is -2.10. The number of nitrogens with zero attached hydrogens (tertiary/aromatic N) is 1. The van der Waals surface area contributed by atoms with Gasteiger partial charge in [0.2, 0.25) is 0 Å². The maximum Gasteiger partial charge on any atom is 0.115 e. The van der Waals surface area contributed by atoms with Gasteiger partial charge in [-0.3, -0.25) is 4.98 Å². The third-order valence-electron chi connectivity index (χ3n) is 2.52. The van der Waals surface area contributed by atoms with Crippen molar-refractivity contribution in [3.63, 3.8) is 0 Å². The molecule has 0 saturated carbocycles. The number of hydrogen-bond acceptors (Lipinski definition) is 2. The topological polar surface area (TPSA) is 33.1 Å². The molecule has 2 rings (SSSR count). The molecule has 15 heavy (non-hydrogen) atoms. The average Bonchev–Trinajstić information content (AvgIpc) is 2.30. The molecule has 0 radical (unpaired) electrons. The van der Waals surface area contributed by atoms with E-state index in [1.165, 1.54) is 0 Å². The van der Waals surface area contributed by atoms with Crippen molar-refractivity contribution in [2.24, 2.45) is 0 Å². The fourth-order valence-corrected chi connectivity index (χ4v) is 1.57. The van der Waals surface area contributed by atoms with Gasteiger partial charge >= 0.3 is 0 Å². The molecule has 0 fully saturated rings. The van der Waals surface area contributed by atoms with Gasteiger partial charge in [-0.25, -0.2) is 0 Å². The van der Waals surface area contributed by atoms with E-state index in [1.54, 1.807) is 18.3 Å². The minimum Gasteiger partial charge on any atom is -0.508 e. The number of hydrogen-bond donors (Lipinski definition) is 1. The predicted octanol–water partition coefficient (Wildman–Crippen LogP) is 2.94. The fraction of sp³-hybridized carbons (Fsp3) is 0.154. The van der Waals surface area contributed by atoms with Crippen LogP contribution in [0.2, 0.25) is 0 Å². The normalized spacial score (nSPS) is 12.3. The Balaban J connectivity index is 2.29. The van der Waals surface area contributed by atoms with Crippen LogP contribution in [0.3, 0.4) is 0 Å². The van der Waals surface area contributed by atoms with Gasteiger partial charge in [-0.1, -0.05) is 25.1 Å². The summed E-state index contributed by atoms with van der Waals surface area (Å²) in [5, 5.41) is 9.19. The van der Waals surface area contributed by atoms with Crippen molar-refractivity contribution in [2.45, 2.75) is 12.8 Å². The van der Waals surface area contributed by atoms with E-state index in [-0.39, 0.29) is 5.92 Å². The average molecular weight is 199 g/mol. The number of aromatic nitrogens is 1. The number of pyridine rings is 1. The monoisotopic (exact) mass is 199 g/mol. The molecule has 0 spiro atoms. The Morgan fingerprint density at radius 2 is 1.80 bits per heavy atom. The molecular weight excluding hydrogens is 186 g/mol. The van der Waals surface area contributed by atoms with Gasteiger partial charge in [-0.2, -0.15) is 0 Å². The van der Waals surface area contributed by atoms with Crippen molar-refractivity contribution in [3.8, 4) is 5.75 Å². The summed E-state index contributed by atoms with van der Waals surface area (Å²) in [7, 11) is 0. The summed E-state index contributed by atoms with van der Waals surface area (Å²) in [6.45, 7) is 2.11. The van der Waals surface area contributed by atoms with Crippen LogP contribution in [0.1, 0.15) is 24.1 Å². The van der Waals surface area contributed by atoms with Gasteiger partial charge in [-0.05, 0) is 29.8 Å². The molecule has 1 N–H and O–H groups in total. The number of phenols is 1. The third kappa shape index (κ3) is 2.15. The lowest BCUT2D eigenvalue weighted by atomic mass is 9.97. The maximum atomic E-state index is 9.19. The van der Waals surface area contributed by atoms with Crippen molar-refractivity contribution in [1.82, 2.24) is 4.98 Å². The SMILES string of the molecule is CC(c1ccc(O)cc1)c1ccccn1. The van der Waals surface area contributed by atoms with Crippen LogP contribution < -0.4 is 0 Å². The zero-order valence-corrected chi connectivity index (χ0v) is 8.59. The molecule has 1 heterocycles. The molecule has 76 valence electrons. The van der Waals surface area contributed by atoms with Gasteiger partial charge in [0.15, 0.2) is 0 Å². The van der Waals surface area contributed by atoms with Crippen LogP contribution in [-0.4, -0.2) is 10.1 Å². The van der Waals surface area contributed by atoms with Crippen LogP contribution in [0.4, 0.5) is 0 Å². The van der Waals surface area contributed by atoms with Gasteiger partial charge in [-0.15, -0.1) is 0 Å². The second-order valence-electron chi connectivity index (χ2n) is 3.57. The summed E-state index contributed by atoms with van der Waals surface area (Å²) in [5.41, 5.74) is 2.20. The Bertz CT molecular complexity index is 422. The lowest BCUT2D eigenvalue weighted by molar-refractivity contribution is 0.475. The Morgan fingerprint density at radius 3 is 2.40 bits per heavy atom. The quantitative estimate of drug-likeness (QED) is 0.806. The summed E-state index contributed by atoms with van der Waals surface area (Å²) in [4.78, 5) is 4.31. The van der Waals surface area contributed by atoms with Gasteiger partial charge < -0.3 is 5.11 Å². The predicted molar refractivity (Wildman–Crippen MR) is 59.9 cm³/mol. The standard InChI is InChI=1S/C13H13NO/c1-10(13-4-2-3-9-14-13)11-5-7-12(15)8-6-11/h2-10,15H,1H3. The molecule has 1 aromatic heterocycles.